The van der Waals surface area contributed by atoms with Crippen LogP contribution < -0.4 is 5.32 Å². The summed E-state index contributed by atoms with van der Waals surface area (Å²) >= 11 is 0. The molecule has 7 nitrogen and oxygen atoms in total. The Balaban J connectivity index is 1.68. The topological polar surface area (TPSA) is 102 Å². The first-order valence-electron chi connectivity index (χ1n) is 7.29. The van der Waals surface area contributed by atoms with Crippen molar-refractivity contribution >= 4 is 17.3 Å². The number of carbonyl (C=O) groups is 2. The van der Waals surface area contributed by atoms with Crippen LogP contribution in [0.5, 0.6) is 0 Å². The SMILES string of the molecule is O=C1C=C(NCCc2cc([N+](=O)[O-])ccn2)C(=O)c2ccccc21. The maximum absolute atomic E-state index is 12.4. The van der Waals surface area contributed by atoms with E-state index in [9.17, 15) is 19.7 Å². The minimum Gasteiger partial charge on any atom is -0.381 e. The summed E-state index contributed by atoms with van der Waals surface area (Å²) in [6.45, 7) is 0.335. The van der Waals surface area contributed by atoms with E-state index < -0.39 is 4.92 Å². The lowest BCUT2D eigenvalue weighted by Gasteiger charge is -2.16. The van der Waals surface area contributed by atoms with Crippen molar-refractivity contribution in [1.29, 1.82) is 0 Å². The summed E-state index contributed by atoms with van der Waals surface area (Å²) in [6.07, 6.45) is 3.05. The van der Waals surface area contributed by atoms with Crippen LogP contribution in [0.15, 0.2) is 54.4 Å². The molecular weight excluding hydrogens is 310 g/mol. The Hall–Kier alpha value is -3.35. The zero-order valence-electron chi connectivity index (χ0n) is 12.6. The van der Waals surface area contributed by atoms with Gasteiger partial charge in [0.25, 0.3) is 5.69 Å². The number of hydrogen-bond donors (Lipinski definition) is 1. The summed E-state index contributed by atoms with van der Waals surface area (Å²) in [4.78, 5) is 38.7. The van der Waals surface area contributed by atoms with Crippen LogP contribution in [-0.2, 0) is 6.42 Å². The van der Waals surface area contributed by atoms with Gasteiger partial charge in [0.05, 0.1) is 10.6 Å². The summed E-state index contributed by atoms with van der Waals surface area (Å²) in [5.41, 5.74) is 1.50. The van der Waals surface area contributed by atoms with Gasteiger partial charge in [0.15, 0.2) is 5.78 Å². The number of carbonyl (C=O) groups excluding carboxylic acids is 2. The Bertz CT molecular complexity index is 874. The fraction of sp³-hybridized carbons (Fsp3) is 0.118. The number of Topliss-reactive ketones (excluding diaryl/α,β-unsaturated/α-hetero) is 1. The summed E-state index contributed by atoms with van der Waals surface area (Å²) < 4.78 is 0. The van der Waals surface area contributed by atoms with Crippen molar-refractivity contribution in [2.24, 2.45) is 0 Å². The van der Waals surface area contributed by atoms with E-state index in [-0.39, 0.29) is 23.0 Å². The van der Waals surface area contributed by atoms with Gasteiger partial charge in [-0.3, -0.25) is 24.7 Å². The molecule has 3 rings (SSSR count). The highest BCUT2D eigenvalue weighted by atomic mass is 16.6. The number of hydrogen-bond acceptors (Lipinski definition) is 6. The molecule has 0 unspecified atom stereocenters. The van der Waals surface area contributed by atoms with Crippen molar-refractivity contribution in [2.45, 2.75) is 6.42 Å². The minimum absolute atomic E-state index is 0.0305. The Morgan fingerprint density at radius 2 is 1.88 bits per heavy atom. The van der Waals surface area contributed by atoms with E-state index in [4.69, 9.17) is 0 Å². The lowest BCUT2D eigenvalue weighted by atomic mass is 9.93. The van der Waals surface area contributed by atoms with Crippen LogP contribution in [-0.4, -0.2) is 28.0 Å². The number of rotatable bonds is 5. The number of nitrogens with one attached hydrogen (secondary N) is 1. The molecular formula is C17H13N3O4. The van der Waals surface area contributed by atoms with Crippen molar-refractivity contribution in [2.75, 3.05) is 6.54 Å². The number of benzene rings is 1. The normalized spacial score (nSPS) is 13.2. The van der Waals surface area contributed by atoms with Gasteiger partial charge in [-0.2, -0.15) is 0 Å². The second-order valence-corrected chi connectivity index (χ2v) is 5.24. The molecule has 24 heavy (non-hydrogen) atoms. The molecule has 1 N–H and O–H groups in total. The first-order chi connectivity index (χ1) is 11.6. The van der Waals surface area contributed by atoms with E-state index in [0.717, 1.165) is 0 Å². The van der Waals surface area contributed by atoms with Gasteiger partial charge >= 0.3 is 0 Å². The molecule has 1 aromatic carbocycles. The van der Waals surface area contributed by atoms with Gasteiger partial charge in [-0.25, -0.2) is 0 Å². The predicted molar refractivity (Wildman–Crippen MR) is 85.8 cm³/mol. The van der Waals surface area contributed by atoms with Crippen molar-refractivity contribution in [1.82, 2.24) is 10.3 Å². The first-order valence-corrected chi connectivity index (χ1v) is 7.29. The quantitative estimate of drug-likeness (QED) is 0.667. The zero-order chi connectivity index (χ0) is 17.1. The predicted octanol–water partition coefficient (Wildman–Crippen LogP) is 2.08. The molecule has 0 spiro atoms. The highest BCUT2D eigenvalue weighted by Crippen LogP contribution is 2.19. The number of nitrogens with zero attached hydrogens (tertiary/aromatic N) is 2. The van der Waals surface area contributed by atoms with Gasteiger partial charge in [0, 0.05) is 54.2 Å². The molecule has 0 bridgehead atoms. The number of pyridine rings is 1. The maximum Gasteiger partial charge on any atom is 0.272 e. The monoisotopic (exact) mass is 323 g/mol. The van der Waals surface area contributed by atoms with Crippen LogP contribution in [0, 0.1) is 10.1 Å². The third kappa shape index (κ3) is 3.05. The Morgan fingerprint density at radius 3 is 2.62 bits per heavy atom. The van der Waals surface area contributed by atoms with Crippen molar-refractivity contribution in [3.05, 3.63) is 81.3 Å². The van der Waals surface area contributed by atoms with Gasteiger partial charge in [-0.15, -0.1) is 0 Å². The smallest absolute Gasteiger partial charge is 0.272 e. The van der Waals surface area contributed by atoms with E-state index in [1.165, 1.54) is 24.4 Å². The molecule has 1 aliphatic carbocycles. The maximum atomic E-state index is 12.4. The van der Waals surface area contributed by atoms with Gasteiger partial charge in [-0.05, 0) is 0 Å². The van der Waals surface area contributed by atoms with Crippen LogP contribution in [0.25, 0.3) is 0 Å². The minimum atomic E-state index is -0.485. The molecule has 7 heteroatoms. The highest BCUT2D eigenvalue weighted by molar-refractivity contribution is 6.24. The molecule has 1 aromatic heterocycles. The third-order valence-corrected chi connectivity index (χ3v) is 3.66. The summed E-state index contributed by atoms with van der Waals surface area (Å²) in [5, 5.41) is 13.7. The average Bonchev–Trinajstić information content (AvgIpc) is 2.59. The highest BCUT2D eigenvalue weighted by Gasteiger charge is 2.24. The van der Waals surface area contributed by atoms with E-state index >= 15 is 0 Å². The Morgan fingerprint density at radius 1 is 1.12 bits per heavy atom. The average molecular weight is 323 g/mol. The number of fused-ring (bicyclic) bond motifs is 1. The summed E-state index contributed by atoms with van der Waals surface area (Å²) in [7, 11) is 0. The lowest BCUT2D eigenvalue weighted by molar-refractivity contribution is -0.385. The van der Waals surface area contributed by atoms with Gasteiger partial charge in [0.2, 0.25) is 5.78 Å². The molecule has 0 atom stereocenters. The van der Waals surface area contributed by atoms with Gasteiger partial charge in [-0.1, -0.05) is 24.3 Å². The van der Waals surface area contributed by atoms with Crippen molar-refractivity contribution < 1.29 is 14.5 Å². The summed E-state index contributed by atoms with van der Waals surface area (Å²) in [6, 6.07) is 9.37. The fourth-order valence-corrected chi connectivity index (χ4v) is 2.49. The first kappa shape index (κ1) is 15.5. The largest absolute Gasteiger partial charge is 0.381 e. The molecule has 0 aliphatic heterocycles. The van der Waals surface area contributed by atoms with Crippen LogP contribution in [0.3, 0.4) is 0 Å². The third-order valence-electron chi connectivity index (χ3n) is 3.66. The van der Waals surface area contributed by atoms with E-state index in [2.05, 4.69) is 10.3 Å². The van der Waals surface area contributed by atoms with Gasteiger partial charge < -0.3 is 5.32 Å². The number of allylic oxidation sites excluding steroid dienone is 2. The van der Waals surface area contributed by atoms with Crippen molar-refractivity contribution in [3.8, 4) is 0 Å². The number of nitro groups is 1. The molecule has 0 radical (unpaired) electrons. The standard InChI is InChI=1S/C17H13N3O4/c21-16-10-15(17(22)14-4-2-1-3-13(14)16)19-7-5-11-9-12(20(23)24)6-8-18-11/h1-4,6,8-10,19H,5,7H2. The van der Waals surface area contributed by atoms with Gasteiger partial charge in [0.1, 0.15) is 0 Å². The molecule has 0 saturated carbocycles. The van der Waals surface area contributed by atoms with Crippen molar-refractivity contribution in [3.63, 3.8) is 0 Å². The van der Waals surface area contributed by atoms with E-state index in [1.54, 1.807) is 24.3 Å². The number of aromatic nitrogens is 1. The molecule has 0 saturated heterocycles. The molecule has 1 aliphatic rings. The van der Waals surface area contributed by atoms with E-state index in [1.807, 2.05) is 0 Å². The second-order valence-electron chi connectivity index (χ2n) is 5.24. The van der Waals surface area contributed by atoms with E-state index in [0.29, 0.717) is 29.8 Å². The molecule has 2 aromatic rings. The molecule has 0 fully saturated rings. The fourth-order valence-electron chi connectivity index (χ4n) is 2.49. The lowest BCUT2D eigenvalue weighted by Crippen LogP contribution is -2.28. The van der Waals surface area contributed by atoms with Crippen LogP contribution in [0.4, 0.5) is 5.69 Å². The summed E-state index contributed by atoms with van der Waals surface area (Å²) in [5.74, 6) is -0.460. The Kier molecular flexibility index (Phi) is 4.15. The second kappa shape index (κ2) is 6.41. The van der Waals surface area contributed by atoms with Crippen LogP contribution in [0.2, 0.25) is 0 Å². The van der Waals surface area contributed by atoms with Crippen LogP contribution >= 0.6 is 0 Å². The molecule has 120 valence electrons. The molecule has 0 amide bonds. The number of ketones is 2. The van der Waals surface area contributed by atoms with Crippen LogP contribution in [0.1, 0.15) is 26.4 Å². The zero-order valence-corrected chi connectivity index (χ0v) is 12.6. The molecule has 1 heterocycles. The Labute approximate surface area is 137 Å².